The van der Waals surface area contributed by atoms with E-state index >= 15 is 0 Å². The molecule has 5 heteroatoms. The Hall–Kier alpha value is -0.910. The first-order valence-corrected chi connectivity index (χ1v) is 3.35. The summed E-state index contributed by atoms with van der Waals surface area (Å²) in [7, 11) is 1.14. The number of hydrogen-bond donors (Lipinski definition) is 3. The monoisotopic (exact) mass is 176 g/mol. The summed E-state index contributed by atoms with van der Waals surface area (Å²) in [5.74, 6) is -0.809. The fraction of sp³-hybridized carbons (Fsp3) is 0.571. The van der Waals surface area contributed by atoms with Crippen LogP contribution < -0.4 is 0 Å². The van der Waals surface area contributed by atoms with E-state index in [1.54, 1.807) is 0 Å². The van der Waals surface area contributed by atoms with Gasteiger partial charge in [-0.1, -0.05) is 6.08 Å². The molecule has 5 nitrogen and oxygen atoms in total. The van der Waals surface area contributed by atoms with Crippen molar-refractivity contribution in [3.05, 3.63) is 12.2 Å². The van der Waals surface area contributed by atoms with Gasteiger partial charge in [0.25, 0.3) is 0 Å². The molecule has 0 aromatic rings. The third-order valence-electron chi connectivity index (χ3n) is 1.15. The first-order valence-electron chi connectivity index (χ1n) is 3.35. The average molecular weight is 176 g/mol. The number of ether oxygens (including phenoxy) is 1. The number of hydrogen-bond acceptors (Lipinski definition) is 5. The normalized spacial score (nSPS) is 16.0. The highest BCUT2D eigenvalue weighted by Gasteiger charge is 2.10. The van der Waals surface area contributed by atoms with E-state index in [2.05, 4.69) is 4.74 Å². The van der Waals surface area contributed by atoms with Crippen LogP contribution in [-0.2, 0) is 9.53 Å². The topological polar surface area (TPSA) is 87.0 Å². The average Bonchev–Trinajstić information content (AvgIpc) is 2.11. The molecule has 0 spiro atoms. The molecule has 3 N–H and O–H groups in total. The van der Waals surface area contributed by atoms with E-state index in [1.165, 1.54) is 0 Å². The minimum atomic E-state index is -1.39. The van der Waals surface area contributed by atoms with E-state index < -0.39 is 24.8 Å². The number of methoxy groups -OCH3 is 1. The molecule has 70 valence electrons. The van der Waals surface area contributed by atoms with Crippen LogP contribution in [0.15, 0.2) is 12.2 Å². The summed E-state index contributed by atoms with van der Waals surface area (Å²) in [6.07, 6.45) is -0.297. The second kappa shape index (κ2) is 5.70. The highest BCUT2D eigenvalue weighted by Crippen LogP contribution is 1.92. The van der Waals surface area contributed by atoms with Gasteiger partial charge in [-0.3, -0.25) is 0 Å². The molecule has 2 atom stereocenters. The van der Waals surface area contributed by atoms with Gasteiger partial charge in [-0.25, -0.2) is 4.79 Å². The largest absolute Gasteiger partial charge is 0.467 e. The van der Waals surface area contributed by atoms with Gasteiger partial charge in [0.15, 0.2) is 6.10 Å². The summed E-state index contributed by atoms with van der Waals surface area (Å²) >= 11 is 0. The van der Waals surface area contributed by atoms with Gasteiger partial charge in [0.05, 0.1) is 19.8 Å². The zero-order valence-electron chi connectivity index (χ0n) is 6.67. The van der Waals surface area contributed by atoms with Gasteiger partial charge in [0.1, 0.15) is 0 Å². The maximum atomic E-state index is 10.5. The van der Waals surface area contributed by atoms with Crippen molar-refractivity contribution in [3.8, 4) is 0 Å². The molecule has 2 unspecified atom stereocenters. The first kappa shape index (κ1) is 11.1. The second-order valence-electron chi connectivity index (χ2n) is 2.10. The minimum Gasteiger partial charge on any atom is -0.467 e. The van der Waals surface area contributed by atoms with E-state index in [0.717, 1.165) is 19.3 Å². The molecule has 12 heavy (non-hydrogen) atoms. The van der Waals surface area contributed by atoms with E-state index in [4.69, 9.17) is 15.3 Å². The van der Waals surface area contributed by atoms with E-state index in [0.29, 0.717) is 0 Å². The molecule has 0 bridgehead atoms. The smallest absolute Gasteiger partial charge is 0.338 e. The SMILES string of the molecule is COC(=O)C(O)C=CC(O)CO. The van der Waals surface area contributed by atoms with E-state index in [1.807, 2.05) is 0 Å². The van der Waals surface area contributed by atoms with Crippen molar-refractivity contribution in [1.29, 1.82) is 0 Å². The zero-order chi connectivity index (χ0) is 9.56. The third kappa shape index (κ3) is 4.07. The van der Waals surface area contributed by atoms with Crippen molar-refractivity contribution >= 4 is 5.97 Å². The molecule has 0 radical (unpaired) electrons. The Labute approximate surface area is 69.9 Å². The molecule has 0 fully saturated rings. The van der Waals surface area contributed by atoms with Gasteiger partial charge in [-0.05, 0) is 6.08 Å². The summed E-state index contributed by atoms with van der Waals surface area (Å²) in [6.45, 7) is -0.454. The number of carbonyl (C=O) groups is 1. The zero-order valence-corrected chi connectivity index (χ0v) is 6.67. The van der Waals surface area contributed by atoms with Crippen LogP contribution in [0.4, 0.5) is 0 Å². The van der Waals surface area contributed by atoms with Crippen LogP contribution in [-0.4, -0.2) is 47.2 Å². The molecular formula is C7H12O5. The minimum absolute atomic E-state index is 0.454. The predicted molar refractivity (Wildman–Crippen MR) is 40.3 cm³/mol. The molecule has 0 aromatic carbocycles. The van der Waals surface area contributed by atoms with Gasteiger partial charge in [0.2, 0.25) is 0 Å². The van der Waals surface area contributed by atoms with Gasteiger partial charge >= 0.3 is 5.97 Å². The molecule has 0 saturated heterocycles. The van der Waals surface area contributed by atoms with Crippen LogP contribution in [0.2, 0.25) is 0 Å². The van der Waals surface area contributed by atoms with Gasteiger partial charge < -0.3 is 20.1 Å². The lowest BCUT2D eigenvalue weighted by Crippen LogP contribution is -2.20. The van der Waals surface area contributed by atoms with Gasteiger partial charge in [-0.2, -0.15) is 0 Å². The highest BCUT2D eigenvalue weighted by atomic mass is 16.5. The highest BCUT2D eigenvalue weighted by molar-refractivity contribution is 5.76. The van der Waals surface area contributed by atoms with Crippen molar-refractivity contribution in [2.45, 2.75) is 12.2 Å². The molecular weight excluding hydrogens is 164 g/mol. The van der Waals surface area contributed by atoms with Crippen molar-refractivity contribution in [2.24, 2.45) is 0 Å². The Kier molecular flexibility index (Phi) is 5.27. The fourth-order valence-corrected chi connectivity index (χ4v) is 0.494. The van der Waals surface area contributed by atoms with Gasteiger partial charge in [0, 0.05) is 0 Å². The Morgan fingerprint density at radius 2 is 2.08 bits per heavy atom. The molecule has 0 heterocycles. The van der Waals surface area contributed by atoms with E-state index in [9.17, 15) is 4.79 Å². The standard InChI is InChI=1S/C7H12O5/c1-12-7(11)6(10)3-2-5(9)4-8/h2-3,5-6,8-10H,4H2,1H3. The van der Waals surface area contributed by atoms with Crippen molar-refractivity contribution in [1.82, 2.24) is 0 Å². The summed E-state index contributed by atoms with van der Waals surface area (Å²) in [5.41, 5.74) is 0. The van der Waals surface area contributed by atoms with Gasteiger partial charge in [-0.15, -0.1) is 0 Å². The summed E-state index contributed by atoms with van der Waals surface area (Å²) in [5, 5.41) is 26.0. The number of aliphatic hydroxyl groups excluding tert-OH is 3. The van der Waals surface area contributed by atoms with Crippen LogP contribution in [0.1, 0.15) is 0 Å². The molecule has 0 aliphatic rings. The first-order chi connectivity index (χ1) is 5.61. The molecule has 0 aliphatic carbocycles. The maximum absolute atomic E-state index is 10.5. The number of rotatable bonds is 4. The number of carbonyl (C=O) groups excluding carboxylic acids is 1. The Morgan fingerprint density at radius 3 is 2.50 bits per heavy atom. The number of esters is 1. The van der Waals surface area contributed by atoms with Crippen LogP contribution >= 0.6 is 0 Å². The molecule has 0 aromatic heterocycles. The molecule has 0 saturated carbocycles. The molecule has 0 aliphatic heterocycles. The summed E-state index contributed by atoms with van der Waals surface area (Å²) in [6, 6.07) is 0. The lowest BCUT2D eigenvalue weighted by Gasteiger charge is -2.03. The Bertz CT molecular complexity index is 165. The maximum Gasteiger partial charge on any atom is 0.338 e. The number of aliphatic hydroxyl groups is 3. The van der Waals surface area contributed by atoms with Crippen molar-refractivity contribution in [3.63, 3.8) is 0 Å². The summed E-state index contributed by atoms with van der Waals surface area (Å²) in [4.78, 5) is 10.5. The lowest BCUT2D eigenvalue weighted by atomic mass is 10.2. The van der Waals surface area contributed by atoms with Crippen molar-refractivity contribution in [2.75, 3.05) is 13.7 Å². The van der Waals surface area contributed by atoms with Crippen molar-refractivity contribution < 1.29 is 24.9 Å². The third-order valence-corrected chi connectivity index (χ3v) is 1.15. The van der Waals surface area contributed by atoms with E-state index in [-0.39, 0.29) is 0 Å². The summed E-state index contributed by atoms with van der Waals surface area (Å²) < 4.78 is 4.19. The predicted octanol–water partition coefficient (Wildman–Crippen LogP) is -1.57. The quantitative estimate of drug-likeness (QED) is 0.356. The Morgan fingerprint density at radius 1 is 1.50 bits per heavy atom. The van der Waals surface area contributed by atoms with Crippen LogP contribution in [0, 0.1) is 0 Å². The van der Waals surface area contributed by atoms with Crippen LogP contribution in [0.3, 0.4) is 0 Å². The van der Waals surface area contributed by atoms with Crippen LogP contribution in [0.25, 0.3) is 0 Å². The second-order valence-corrected chi connectivity index (χ2v) is 2.10. The lowest BCUT2D eigenvalue weighted by molar-refractivity contribution is -0.147. The Balaban J connectivity index is 3.90. The molecule has 0 rings (SSSR count). The van der Waals surface area contributed by atoms with Crippen LogP contribution in [0.5, 0.6) is 0 Å². The molecule has 0 amide bonds. The fourth-order valence-electron chi connectivity index (χ4n) is 0.494.